The molecule has 1 rings (SSSR count). The van der Waals surface area contributed by atoms with Crippen LogP contribution < -0.4 is 0 Å². The topological polar surface area (TPSA) is 27.7 Å². The summed E-state index contributed by atoms with van der Waals surface area (Å²) in [6, 6.07) is 0. The molecule has 66 valence electrons. The number of hydrogen-bond donors (Lipinski definition) is 0. The quantitative estimate of drug-likeness (QED) is 0.608. The average Bonchev–Trinajstić information content (AvgIpc) is 1.85. The van der Waals surface area contributed by atoms with E-state index < -0.39 is 8.60 Å². The molecule has 2 unspecified atom stereocenters. The first-order valence-corrected chi connectivity index (χ1v) is 5.08. The summed E-state index contributed by atoms with van der Waals surface area (Å²) in [7, 11) is -1.05. The first-order chi connectivity index (χ1) is 5.22. The van der Waals surface area contributed by atoms with Gasteiger partial charge in [0.05, 0.1) is 18.8 Å². The third kappa shape index (κ3) is 3.04. The van der Waals surface area contributed by atoms with Crippen molar-refractivity contribution in [1.82, 2.24) is 0 Å². The van der Waals surface area contributed by atoms with Crippen LogP contribution in [0.4, 0.5) is 0 Å². The lowest BCUT2D eigenvalue weighted by Crippen LogP contribution is -2.22. The Morgan fingerprint density at radius 3 is 2.36 bits per heavy atom. The van der Waals surface area contributed by atoms with Crippen molar-refractivity contribution in [1.29, 1.82) is 0 Å². The molecule has 2 atom stereocenters. The Labute approximate surface area is 69.0 Å². The maximum Gasteiger partial charge on any atom is 0.333 e. The Kier molecular flexibility index (Phi) is 3.73. The third-order valence-corrected chi connectivity index (χ3v) is 2.96. The molecule has 0 amide bonds. The van der Waals surface area contributed by atoms with Crippen LogP contribution in [-0.2, 0) is 13.6 Å². The Morgan fingerprint density at radius 1 is 1.36 bits per heavy atom. The summed E-state index contributed by atoms with van der Waals surface area (Å²) in [6.07, 6.45) is 1.51. The van der Waals surface area contributed by atoms with Crippen LogP contribution in [0.1, 0.15) is 27.2 Å². The lowest BCUT2D eigenvalue weighted by atomic mass is 10.2. The van der Waals surface area contributed by atoms with Crippen LogP contribution in [-0.4, -0.2) is 18.8 Å². The van der Waals surface area contributed by atoms with Gasteiger partial charge in [0, 0.05) is 6.42 Å². The minimum absolute atomic E-state index is 0.274. The van der Waals surface area contributed by atoms with E-state index in [1.165, 1.54) is 0 Å². The molecular weight excluding hydrogens is 163 g/mol. The van der Waals surface area contributed by atoms with E-state index in [1.54, 1.807) is 0 Å². The van der Waals surface area contributed by atoms with Crippen molar-refractivity contribution < 1.29 is 13.6 Å². The van der Waals surface area contributed by atoms with Crippen molar-refractivity contribution in [3.8, 4) is 0 Å². The van der Waals surface area contributed by atoms with E-state index in [0.717, 1.165) is 6.42 Å². The van der Waals surface area contributed by atoms with Crippen LogP contribution in [0, 0.1) is 0 Å². The smallest absolute Gasteiger partial charge is 0.313 e. The van der Waals surface area contributed by atoms with Gasteiger partial charge in [-0.3, -0.25) is 0 Å². The Hall–Kier alpha value is 0.310. The second kappa shape index (κ2) is 4.36. The van der Waals surface area contributed by atoms with E-state index in [-0.39, 0.29) is 12.2 Å². The van der Waals surface area contributed by atoms with Crippen molar-refractivity contribution in [3.05, 3.63) is 0 Å². The summed E-state index contributed by atoms with van der Waals surface area (Å²) in [5.74, 6) is 0. The molecule has 0 aromatic heterocycles. The maximum atomic E-state index is 5.42. The highest BCUT2D eigenvalue weighted by Gasteiger charge is 2.26. The minimum Gasteiger partial charge on any atom is -0.313 e. The van der Waals surface area contributed by atoms with E-state index in [2.05, 4.69) is 0 Å². The summed E-state index contributed by atoms with van der Waals surface area (Å²) in [5, 5.41) is 0. The van der Waals surface area contributed by atoms with Gasteiger partial charge in [-0.05, 0) is 20.8 Å². The fourth-order valence-corrected chi connectivity index (χ4v) is 2.18. The molecule has 4 heteroatoms. The van der Waals surface area contributed by atoms with E-state index >= 15 is 0 Å². The molecule has 0 radical (unpaired) electrons. The van der Waals surface area contributed by atoms with Crippen LogP contribution in [0.25, 0.3) is 0 Å². The predicted octanol–water partition coefficient (Wildman–Crippen LogP) is 2.46. The van der Waals surface area contributed by atoms with Gasteiger partial charge in [-0.15, -0.1) is 0 Å². The van der Waals surface area contributed by atoms with Crippen molar-refractivity contribution in [2.75, 3.05) is 6.61 Å². The van der Waals surface area contributed by atoms with Gasteiger partial charge in [-0.25, -0.2) is 0 Å². The van der Waals surface area contributed by atoms with Gasteiger partial charge in [-0.1, -0.05) is 0 Å². The second-order valence-corrected chi connectivity index (χ2v) is 3.84. The zero-order valence-corrected chi connectivity index (χ0v) is 8.14. The van der Waals surface area contributed by atoms with Crippen molar-refractivity contribution in [2.45, 2.75) is 39.4 Å². The van der Waals surface area contributed by atoms with Gasteiger partial charge in [-0.2, -0.15) is 0 Å². The first kappa shape index (κ1) is 9.40. The molecular formula is C7H15O3P. The van der Waals surface area contributed by atoms with Crippen LogP contribution in [0.15, 0.2) is 0 Å². The molecule has 11 heavy (non-hydrogen) atoms. The Balaban J connectivity index is 2.30. The summed E-state index contributed by atoms with van der Waals surface area (Å²) >= 11 is 0. The molecule has 0 saturated carbocycles. The lowest BCUT2D eigenvalue weighted by molar-refractivity contribution is 0.0340. The Bertz CT molecular complexity index is 110. The summed E-state index contributed by atoms with van der Waals surface area (Å²) in [6.45, 7) is 6.70. The Morgan fingerprint density at radius 2 is 1.91 bits per heavy atom. The van der Waals surface area contributed by atoms with Crippen molar-refractivity contribution >= 4 is 8.60 Å². The fourth-order valence-electron chi connectivity index (χ4n) is 1.04. The molecule has 1 aliphatic rings. The molecule has 0 aromatic carbocycles. The van der Waals surface area contributed by atoms with E-state index in [1.807, 2.05) is 20.8 Å². The minimum atomic E-state index is -1.05. The average molecular weight is 178 g/mol. The summed E-state index contributed by atoms with van der Waals surface area (Å²) < 4.78 is 16.1. The molecule has 0 aliphatic carbocycles. The van der Waals surface area contributed by atoms with Crippen molar-refractivity contribution in [2.24, 2.45) is 0 Å². The molecule has 0 aromatic rings. The van der Waals surface area contributed by atoms with Gasteiger partial charge < -0.3 is 13.6 Å². The van der Waals surface area contributed by atoms with Gasteiger partial charge in [0.2, 0.25) is 0 Å². The molecule has 3 nitrogen and oxygen atoms in total. The van der Waals surface area contributed by atoms with Gasteiger partial charge in [0.25, 0.3) is 0 Å². The molecule has 1 heterocycles. The zero-order chi connectivity index (χ0) is 8.27. The lowest BCUT2D eigenvalue weighted by Gasteiger charge is -2.29. The van der Waals surface area contributed by atoms with E-state index in [4.69, 9.17) is 13.6 Å². The highest BCUT2D eigenvalue weighted by molar-refractivity contribution is 7.41. The highest BCUT2D eigenvalue weighted by atomic mass is 31.2. The molecule has 0 N–H and O–H groups in total. The molecule has 0 spiro atoms. The van der Waals surface area contributed by atoms with E-state index in [9.17, 15) is 0 Å². The highest BCUT2D eigenvalue weighted by Crippen LogP contribution is 2.46. The molecule has 0 bridgehead atoms. The third-order valence-electron chi connectivity index (χ3n) is 1.43. The normalized spacial score (nSPS) is 39.0. The summed E-state index contributed by atoms with van der Waals surface area (Å²) in [5.41, 5.74) is 0. The van der Waals surface area contributed by atoms with Gasteiger partial charge >= 0.3 is 8.60 Å². The van der Waals surface area contributed by atoms with Crippen LogP contribution in [0.5, 0.6) is 0 Å². The zero-order valence-electron chi connectivity index (χ0n) is 7.24. The van der Waals surface area contributed by atoms with Crippen molar-refractivity contribution in [3.63, 3.8) is 0 Å². The van der Waals surface area contributed by atoms with Gasteiger partial charge in [0.1, 0.15) is 0 Å². The van der Waals surface area contributed by atoms with Crippen LogP contribution in [0.2, 0.25) is 0 Å². The summed E-state index contributed by atoms with van der Waals surface area (Å²) in [4.78, 5) is 0. The maximum absolute atomic E-state index is 5.42. The second-order valence-electron chi connectivity index (χ2n) is 2.71. The predicted molar refractivity (Wildman–Crippen MR) is 44.3 cm³/mol. The largest absolute Gasteiger partial charge is 0.333 e. The number of hydrogen-bond acceptors (Lipinski definition) is 3. The van der Waals surface area contributed by atoms with Gasteiger partial charge in [0.15, 0.2) is 0 Å². The molecule has 1 fully saturated rings. The number of rotatable bonds is 2. The molecule has 1 saturated heterocycles. The first-order valence-electron chi connectivity index (χ1n) is 3.99. The monoisotopic (exact) mass is 178 g/mol. The molecule has 1 aliphatic heterocycles. The van der Waals surface area contributed by atoms with E-state index in [0.29, 0.717) is 6.61 Å². The van der Waals surface area contributed by atoms with Crippen LogP contribution >= 0.6 is 8.60 Å². The standard InChI is InChI=1S/C7H15O3P/c1-4-8-11-9-6(2)5-7(3)10-11/h6-7H,4-5H2,1-3H3. The van der Waals surface area contributed by atoms with Crippen LogP contribution in [0.3, 0.4) is 0 Å². The SMILES string of the molecule is CCOP1OC(C)CC(C)O1. The fraction of sp³-hybridized carbons (Fsp3) is 1.00.